The van der Waals surface area contributed by atoms with Gasteiger partial charge in [0, 0.05) is 0 Å². The molecule has 0 heterocycles. The summed E-state index contributed by atoms with van der Waals surface area (Å²) in [5, 5.41) is 17.9. The van der Waals surface area contributed by atoms with Crippen LogP contribution in [0.25, 0.3) is 0 Å². The van der Waals surface area contributed by atoms with Crippen molar-refractivity contribution in [3.8, 4) is 6.07 Å². The van der Waals surface area contributed by atoms with Gasteiger partial charge in [-0.2, -0.15) is 5.26 Å². The maximum absolute atomic E-state index is 12.7. The van der Waals surface area contributed by atoms with E-state index in [4.69, 9.17) is 5.26 Å². The lowest BCUT2D eigenvalue weighted by molar-refractivity contribution is 0.220. The van der Waals surface area contributed by atoms with Crippen LogP contribution in [0.15, 0.2) is 36.4 Å². The molecule has 1 N–H and O–H groups in total. The molecule has 0 aliphatic carbocycles. The zero-order valence-corrected chi connectivity index (χ0v) is 6.87. The summed E-state index contributed by atoms with van der Waals surface area (Å²) >= 11 is 0. The summed E-state index contributed by atoms with van der Waals surface area (Å²) in [4.78, 5) is 0. The fraction of sp³-hybridized carbons (Fsp3) is 0.100. The molecule has 66 valence electrons. The van der Waals surface area contributed by atoms with Crippen LogP contribution in [0, 0.1) is 17.1 Å². The molecular formula is C10H8FNO. The molecular weight excluding hydrogens is 169 g/mol. The van der Waals surface area contributed by atoms with Gasteiger partial charge in [0.15, 0.2) is 0 Å². The Morgan fingerprint density at radius 1 is 1.62 bits per heavy atom. The third kappa shape index (κ3) is 2.14. The Morgan fingerprint density at radius 2 is 2.31 bits per heavy atom. The van der Waals surface area contributed by atoms with E-state index in [1.54, 1.807) is 6.07 Å². The highest BCUT2D eigenvalue weighted by atomic mass is 19.1. The predicted octanol–water partition coefficient (Wildman–Crippen LogP) is 1.94. The van der Waals surface area contributed by atoms with E-state index in [2.05, 4.69) is 6.58 Å². The summed E-state index contributed by atoms with van der Waals surface area (Å²) in [5.41, 5.74) is 0.345. The van der Waals surface area contributed by atoms with Crippen molar-refractivity contribution in [2.24, 2.45) is 0 Å². The standard InChI is InChI=1S/C10H8FNO/c1-7(6-12)10(13)8-3-2-4-9(11)5-8/h2-5,10,13H,1H2/t10-/m1/s1. The molecule has 1 rings (SSSR count). The highest BCUT2D eigenvalue weighted by molar-refractivity contribution is 5.31. The van der Waals surface area contributed by atoms with E-state index in [0.717, 1.165) is 0 Å². The fourth-order valence-electron chi connectivity index (χ4n) is 0.939. The molecule has 0 aliphatic heterocycles. The lowest BCUT2D eigenvalue weighted by Crippen LogP contribution is -1.99. The van der Waals surface area contributed by atoms with Gasteiger partial charge >= 0.3 is 0 Å². The summed E-state index contributed by atoms with van der Waals surface area (Å²) in [7, 11) is 0. The SMILES string of the molecule is C=C(C#N)[C@@H](O)c1cccc(F)c1. The number of hydrogen-bond donors (Lipinski definition) is 1. The molecule has 0 amide bonds. The van der Waals surface area contributed by atoms with Gasteiger partial charge in [0.25, 0.3) is 0 Å². The number of benzene rings is 1. The monoisotopic (exact) mass is 177 g/mol. The number of hydrogen-bond acceptors (Lipinski definition) is 2. The molecule has 0 aromatic heterocycles. The molecule has 0 spiro atoms. The Labute approximate surface area is 75.6 Å². The lowest BCUT2D eigenvalue weighted by Gasteiger charge is -2.07. The minimum absolute atomic E-state index is 0.00519. The summed E-state index contributed by atoms with van der Waals surface area (Å²) < 4.78 is 12.7. The van der Waals surface area contributed by atoms with Gasteiger partial charge in [0.05, 0.1) is 11.6 Å². The summed E-state index contributed by atoms with van der Waals surface area (Å²) in [6, 6.07) is 7.17. The molecule has 0 radical (unpaired) electrons. The van der Waals surface area contributed by atoms with Crippen LogP contribution in [-0.4, -0.2) is 5.11 Å². The number of halogens is 1. The van der Waals surface area contributed by atoms with E-state index in [1.807, 2.05) is 0 Å². The van der Waals surface area contributed by atoms with Crippen LogP contribution in [0.4, 0.5) is 4.39 Å². The second kappa shape index (κ2) is 3.83. The molecule has 0 fully saturated rings. The first-order chi connectivity index (χ1) is 6.15. The van der Waals surface area contributed by atoms with Crippen LogP contribution in [0.3, 0.4) is 0 Å². The largest absolute Gasteiger partial charge is 0.383 e. The molecule has 0 bridgehead atoms. The molecule has 3 heteroatoms. The van der Waals surface area contributed by atoms with Gasteiger partial charge in [0.1, 0.15) is 11.9 Å². The maximum Gasteiger partial charge on any atom is 0.123 e. The molecule has 2 nitrogen and oxygen atoms in total. The lowest BCUT2D eigenvalue weighted by atomic mass is 10.0. The topological polar surface area (TPSA) is 44.0 Å². The van der Waals surface area contributed by atoms with E-state index >= 15 is 0 Å². The summed E-state index contributed by atoms with van der Waals surface area (Å²) in [6.07, 6.45) is -1.11. The zero-order valence-electron chi connectivity index (χ0n) is 6.87. The van der Waals surface area contributed by atoms with Gasteiger partial charge in [-0.05, 0) is 17.7 Å². The first kappa shape index (κ1) is 9.43. The van der Waals surface area contributed by atoms with E-state index in [1.165, 1.54) is 24.3 Å². The van der Waals surface area contributed by atoms with Crippen molar-refractivity contribution in [3.63, 3.8) is 0 Å². The predicted molar refractivity (Wildman–Crippen MR) is 46.1 cm³/mol. The van der Waals surface area contributed by atoms with Crippen LogP contribution in [-0.2, 0) is 0 Å². The van der Waals surface area contributed by atoms with Crippen molar-refractivity contribution < 1.29 is 9.50 Å². The smallest absolute Gasteiger partial charge is 0.123 e. The first-order valence-corrected chi connectivity index (χ1v) is 3.67. The van der Waals surface area contributed by atoms with E-state index in [0.29, 0.717) is 5.56 Å². The Hall–Kier alpha value is -1.66. The van der Waals surface area contributed by atoms with Crippen molar-refractivity contribution in [1.29, 1.82) is 5.26 Å². The molecule has 0 saturated carbocycles. The van der Waals surface area contributed by atoms with Crippen molar-refractivity contribution >= 4 is 0 Å². The molecule has 13 heavy (non-hydrogen) atoms. The minimum Gasteiger partial charge on any atom is -0.383 e. The number of aliphatic hydroxyl groups excluding tert-OH is 1. The van der Waals surface area contributed by atoms with E-state index < -0.39 is 11.9 Å². The van der Waals surface area contributed by atoms with Gasteiger partial charge in [-0.25, -0.2) is 4.39 Å². The van der Waals surface area contributed by atoms with Crippen molar-refractivity contribution in [1.82, 2.24) is 0 Å². The Morgan fingerprint density at radius 3 is 2.85 bits per heavy atom. The third-order valence-corrected chi connectivity index (χ3v) is 1.64. The van der Waals surface area contributed by atoms with Crippen LogP contribution >= 0.6 is 0 Å². The number of rotatable bonds is 2. The molecule has 0 aliphatic rings. The second-order valence-corrected chi connectivity index (χ2v) is 2.59. The van der Waals surface area contributed by atoms with Gasteiger partial charge in [-0.1, -0.05) is 18.7 Å². The quantitative estimate of drug-likeness (QED) is 0.701. The Bertz CT molecular complexity index is 367. The van der Waals surface area contributed by atoms with Gasteiger partial charge in [-0.3, -0.25) is 0 Å². The van der Waals surface area contributed by atoms with Crippen molar-refractivity contribution in [3.05, 3.63) is 47.8 Å². The number of nitriles is 1. The fourth-order valence-corrected chi connectivity index (χ4v) is 0.939. The maximum atomic E-state index is 12.7. The Kier molecular flexibility index (Phi) is 2.78. The Balaban J connectivity index is 2.96. The molecule has 0 saturated heterocycles. The van der Waals surface area contributed by atoms with Gasteiger partial charge in [0.2, 0.25) is 0 Å². The van der Waals surface area contributed by atoms with Crippen LogP contribution in [0.5, 0.6) is 0 Å². The van der Waals surface area contributed by atoms with Crippen LogP contribution in [0.2, 0.25) is 0 Å². The molecule has 0 unspecified atom stereocenters. The second-order valence-electron chi connectivity index (χ2n) is 2.59. The number of aliphatic hydroxyl groups is 1. The zero-order chi connectivity index (χ0) is 9.84. The number of nitrogens with zero attached hydrogens (tertiary/aromatic N) is 1. The highest BCUT2D eigenvalue weighted by Crippen LogP contribution is 2.19. The normalized spacial score (nSPS) is 11.8. The average Bonchev–Trinajstić information content (AvgIpc) is 2.15. The summed E-state index contributed by atoms with van der Waals surface area (Å²) in [6.45, 7) is 3.35. The molecule has 1 aromatic rings. The van der Waals surface area contributed by atoms with E-state index in [9.17, 15) is 9.50 Å². The van der Waals surface area contributed by atoms with Crippen LogP contribution < -0.4 is 0 Å². The van der Waals surface area contributed by atoms with Gasteiger partial charge < -0.3 is 5.11 Å². The molecule has 1 aromatic carbocycles. The first-order valence-electron chi connectivity index (χ1n) is 3.67. The highest BCUT2D eigenvalue weighted by Gasteiger charge is 2.10. The summed E-state index contributed by atoms with van der Waals surface area (Å²) in [5.74, 6) is -0.442. The van der Waals surface area contributed by atoms with Crippen LogP contribution in [0.1, 0.15) is 11.7 Å². The average molecular weight is 177 g/mol. The van der Waals surface area contributed by atoms with E-state index in [-0.39, 0.29) is 5.57 Å². The van der Waals surface area contributed by atoms with Crippen molar-refractivity contribution in [2.75, 3.05) is 0 Å². The molecule has 1 atom stereocenters. The third-order valence-electron chi connectivity index (χ3n) is 1.64. The van der Waals surface area contributed by atoms with Gasteiger partial charge in [-0.15, -0.1) is 0 Å². The minimum atomic E-state index is -1.11. The van der Waals surface area contributed by atoms with Crippen molar-refractivity contribution in [2.45, 2.75) is 6.10 Å².